The van der Waals surface area contributed by atoms with Gasteiger partial charge in [-0.25, -0.2) is 9.78 Å². The number of carbonyl (C=O) groups is 1. The zero-order valence-electron chi connectivity index (χ0n) is 16.1. The van der Waals surface area contributed by atoms with Crippen molar-refractivity contribution in [2.75, 3.05) is 13.7 Å². The summed E-state index contributed by atoms with van der Waals surface area (Å²) in [6.07, 6.45) is 2.67. The molecule has 1 aromatic heterocycles. The lowest BCUT2D eigenvalue weighted by atomic mass is 10.0. The smallest absolute Gasteiger partial charge is 0.410 e. The molecule has 3 rings (SSSR count). The molecule has 1 fully saturated rings. The van der Waals surface area contributed by atoms with E-state index in [4.69, 9.17) is 26.1 Å². The monoisotopic (exact) mass is 408 g/mol. The molecule has 1 aliphatic rings. The summed E-state index contributed by atoms with van der Waals surface area (Å²) in [5.41, 5.74) is 1.15. The normalized spacial score (nSPS) is 17.7. The third kappa shape index (κ3) is 4.74. The topological polar surface area (TPSA) is 51.7 Å². The Morgan fingerprint density at radius 3 is 2.81 bits per heavy atom. The largest absolute Gasteiger partial charge is 0.496 e. The van der Waals surface area contributed by atoms with Crippen molar-refractivity contribution in [3.8, 4) is 17.0 Å². The van der Waals surface area contributed by atoms with Gasteiger partial charge in [-0.2, -0.15) is 0 Å². The quantitative estimate of drug-likeness (QED) is 0.631. The van der Waals surface area contributed by atoms with Gasteiger partial charge < -0.3 is 9.47 Å². The summed E-state index contributed by atoms with van der Waals surface area (Å²) < 4.78 is 11.0. The number of carbonyl (C=O) groups excluding carboxylic acids is 1. The van der Waals surface area contributed by atoms with E-state index in [0.717, 1.165) is 41.3 Å². The zero-order chi connectivity index (χ0) is 19.6. The lowest BCUT2D eigenvalue weighted by Gasteiger charge is -2.35. The molecule has 0 unspecified atom stereocenters. The first kappa shape index (κ1) is 20.0. The molecule has 27 heavy (non-hydrogen) atoms. The van der Waals surface area contributed by atoms with Gasteiger partial charge in [0.25, 0.3) is 0 Å². The molecule has 5 nitrogen and oxygen atoms in total. The molecular formula is C20H25ClN2O3S. The molecule has 0 spiro atoms. The number of hydrogen-bond acceptors (Lipinski definition) is 5. The van der Waals surface area contributed by atoms with Crippen LogP contribution in [0.1, 0.15) is 51.1 Å². The number of rotatable bonds is 3. The van der Waals surface area contributed by atoms with Gasteiger partial charge in [-0.15, -0.1) is 11.3 Å². The average molecular weight is 409 g/mol. The van der Waals surface area contributed by atoms with Gasteiger partial charge >= 0.3 is 6.09 Å². The molecular weight excluding hydrogens is 384 g/mol. The van der Waals surface area contributed by atoms with Gasteiger partial charge in [0.05, 0.1) is 18.8 Å². The Labute approximate surface area is 169 Å². The van der Waals surface area contributed by atoms with Crippen LogP contribution in [-0.2, 0) is 4.74 Å². The predicted octanol–water partition coefficient (Wildman–Crippen LogP) is 5.93. The zero-order valence-corrected chi connectivity index (χ0v) is 17.7. The van der Waals surface area contributed by atoms with E-state index < -0.39 is 5.60 Å². The third-order valence-corrected chi connectivity index (χ3v) is 5.56. The van der Waals surface area contributed by atoms with Crippen LogP contribution in [0.25, 0.3) is 11.3 Å². The number of hydrogen-bond donors (Lipinski definition) is 0. The van der Waals surface area contributed by atoms with E-state index in [2.05, 4.69) is 0 Å². The molecule has 0 aliphatic carbocycles. The van der Waals surface area contributed by atoms with Crippen LogP contribution in [0, 0.1) is 0 Å². The molecule has 2 heterocycles. The Bertz CT molecular complexity index is 816. The summed E-state index contributed by atoms with van der Waals surface area (Å²) in [4.78, 5) is 19.3. The Kier molecular flexibility index (Phi) is 5.96. The van der Waals surface area contributed by atoms with Crippen molar-refractivity contribution in [1.29, 1.82) is 0 Å². The molecule has 0 saturated carbocycles. The van der Waals surface area contributed by atoms with E-state index in [0.29, 0.717) is 11.6 Å². The fourth-order valence-corrected chi connectivity index (χ4v) is 4.31. The van der Waals surface area contributed by atoms with Gasteiger partial charge in [-0.1, -0.05) is 11.6 Å². The maximum absolute atomic E-state index is 12.7. The molecule has 0 radical (unpaired) electrons. The van der Waals surface area contributed by atoms with Crippen LogP contribution in [0.5, 0.6) is 5.75 Å². The lowest BCUT2D eigenvalue weighted by molar-refractivity contribution is 0.00949. The lowest BCUT2D eigenvalue weighted by Crippen LogP contribution is -2.41. The van der Waals surface area contributed by atoms with Crippen molar-refractivity contribution < 1.29 is 14.3 Å². The van der Waals surface area contributed by atoms with Crippen LogP contribution in [0.4, 0.5) is 4.79 Å². The molecule has 1 aromatic carbocycles. The second-order valence-electron chi connectivity index (χ2n) is 7.60. The Balaban J connectivity index is 1.88. The third-order valence-electron chi connectivity index (χ3n) is 4.38. The first-order valence-electron chi connectivity index (χ1n) is 9.07. The van der Waals surface area contributed by atoms with E-state index >= 15 is 0 Å². The van der Waals surface area contributed by atoms with Crippen LogP contribution < -0.4 is 4.74 Å². The number of likely N-dealkylation sites (tertiary alicyclic amines) is 1. The summed E-state index contributed by atoms with van der Waals surface area (Å²) in [6.45, 7) is 6.35. The molecule has 1 saturated heterocycles. The fourth-order valence-electron chi connectivity index (χ4n) is 3.17. The van der Waals surface area contributed by atoms with E-state index in [-0.39, 0.29) is 12.1 Å². The molecule has 0 N–H and O–H groups in total. The Morgan fingerprint density at radius 1 is 1.33 bits per heavy atom. The predicted molar refractivity (Wildman–Crippen MR) is 109 cm³/mol. The van der Waals surface area contributed by atoms with Gasteiger partial charge in [0.15, 0.2) is 0 Å². The first-order valence-corrected chi connectivity index (χ1v) is 10.3. The highest BCUT2D eigenvalue weighted by molar-refractivity contribution is 7.10. The van der Waals surface area contributed by atoms with Crippen molar-refractivity contribution in [1.82, 2.24) is 9.88 Å². The summed E-state index contributed by atoms with van der Waals surface area (Å²) in [5.74, 6) is 0.726. The van der Waals surface area contributed by atoms with Gasteiger partial charge in [-0.3, -0.25) is 4.90 Å². The number of halogens is 1. The van der Waals surface area contributed by atoms with E-state index in [1.165, 1.54) is 0 Å². The standard InChI is InChI=1S/C20H25ClN2O3S/c1-20(2,3)26-19(24)23-10-6-5-7-16(23)18-22-15(12-27-18)14-11-13(21)8-9-17(14)25-4/h8-9,11-12,16H,5-7,10H2,1-4H3/t16-/m1/s1. The number of nitrogens with zero attached hydrogens (tertiary/aromatic N) is 2. The number of thiazole rings is 1. The molecule has 146 valence electrons. The molecule has 0 bridgehead atoms. The molecule has 7 heteroatoms. The van der Waals surface area contributed by atoms with Crippen molar-refractivity contribution in [2.45, 2.75) is 51.7 Å². The number of aromatic nitrogens is 1. The van der Waals surface area contributed by atoms with Crippen LogP contribution in [0.15, 0.2) is 23.6 Å². The summed E-state index contributed by atoms with van der Waals surface area (Å²) in [6, 6.07) is 5.43. The van der Waals surface area contributed by atoms with Crippen molar-refractivity contribution in [2.24, 2.45) is 0 Å². The van der Waals surface area contributed by atoms with E-state index in [1.54, 1.807) is 24.5 Å². The molecule has 1 aliphatic heterocycles. The Hall–Kier alpha value is -1.79. The highest BCUT2D eigenvalue weighted by atomic mass is 35.5. The summed E-state index contributed by atoms with van der Waals surface area (Å²) in [5, 5.41) is 3.54. The van der Waals surface area contributed by atoms with Gasteiger partial charge in [0.1, 0.15) is 16.4 Å². The second kappa shape index (κ2) is 8.07. The average Bonchev–Trinajstić information content (AvgIpc) is 3.10. The first-order chi connectivity index (χ1) is 12.8. The summed E-state index contributed by atoms with van der Waals surface area (Å²) >= 11 is 7.71. The highest BCUT2D eigenvalue weighted by Gasteiger charge is 2.33. The van der Waals surface area contributed by atoms with Crippen molar-refractivity contribution in [3.05, 3.63) is 33.6 Å². The van der Waals surface area contributed by atoms with Gasteiger partial charge in [-0.05, 0) is 58.2 Å². The van der Waals surface area contributed by atoms with Crippen LogP contribution >= 0.6 is 22.9 Å². The minimum absolute atomic E-state index is 0.0578. The number of benzene rings is 1. The SMILES string of the molecule is COc1ccc(Cl)cc1-c1csc([C@H]2CCCCN2C(=O)OC(C)(C)C)n1. The van der Waals surface area contributed by atoms with E-state index in [9.17, 15) is 4.79 Å². The van der Waals surface area contributed by atoms with Gasteiger partial charge in [0, 0.05) is 22.5 Å². The minimum atomic E-state index is -0.513. The molecule has 2 aromatic rings. The number of amides is 1. The minimum Gasteiger partial charge on any atom is -0.496 e. The second-order valence-corrected chi connectivity index (χ2v) is 8.93. The fraction of sp³-hybridized carbons (Fsp3) is 0.500. The maximum Gasteiger partial charge on any atom is 0.410 e. The van der Waals surface area contributed by atoms with Crippen molar-refractivity contribution >= 4 is 29.0 Å². The van der Waals surface area contributed by atoms with E-state index in [1.807, 2.05) is 43.2 Å². The number of ether oxygens (including phenoxy) is 2. The maximum atomic E-state index is 12.7. The highest BCUT2D eigenvalue weighted by Crippen LogP contribution is 2.38. The molecule has 1 atom stereocenters. The van der Waals surface area contributed by atoms with Crippen molar-refractivity contribution in [3.63, 3.8) is 0 Å². The van der Waals surface area contributed by atoms with Crippen LogP contribution in [-0.4, -0.2) is 35.2 Å². The van der Waals surface area contributed by atoms with Crippen LogP contribution in [0.3, 0.4) is 0 Å². The number of piperidine rings is 1. The number of methoxy groups -OCH3 is 1. The summed E-state index contributed by atoms with van der Waals surface area (Å²) in [7, 11) is 1.63. The molecule has 1 amide bonds. The Morgan fingerprint density at radius 2 is 2.11 bits per heavy atom. The van der Waals surface area contributed by atoms with Crippen LogP contribution in [0.2, 0.25) is 5.02 Å². The van der Waals surface area contributed by atoms with Gasteiger partial charge in [0.2, 0.25) is 0 Å².